The highest BCUT2D eigenvalue weighted by molar-refractivity contribution is 5.91. The van der Waals surface area contributed by atoms with Gasteiger partial charge in [-0.3, -0.25) is 0 Å². The summed E-state index contributed by atoms with van der Waals surface area (Å²) in [6.45, 7) is 10.6. The van der Waals surface area contributed by atoms with Crippen LogP contribution in [0.5, 0.6) is 0 Å². The maximum Gasteiger partial charge on any atom is 0.331 e. The lowest BCUT2D eigenvalue weighted by Crippen LogP contribution is -2.35. The standard InChI is InChI=1S/C20H32O6/c1-13(2)16-7-6-14(3)10-17(16)25-19(22)9-8-18(21)23-11-15-12-24-20(4,5)26-15/h8-9,13-17H,6-7,10-12H2,1-5H3. The molecule has 1 aliphatic carbocycles. The van der Waals surface area contributed by atoms with Gasteiger partial charge in [0.05, 0.1) is 6.61 Å². The van der Waals surface area contributed by atoms with Gasteiger partial charge in [0, 0.05) is 12.2 Å². The van der Waals surface area contributed by atoms with Gasteiger partial charge in [-0.15, -0.1) is 0 Å². The van der Waals surface area contributed by atoms with Crippen LogP contribution in [0.1, 0.15) is 53.9 Å². The van der Waals surface area contributed by atoms with Crippen molar-refractivity contribution in [2.45, 2.75) is 71.9 Å². The quantitative estimate of drug-likeness (QED) is 0.529. The Balaban J connectivity index is 1.76. The molecule has 0 aromatic rings. The Morgan fingerprint density at radius 3 is 2.50 bits per heavy atom. The van der Waals surface area contributed by atoms with Crippen molar-refractivity contribution in [3.63, 3.8) is 0 Å². The molecule has 0 bridgehead atoms. The van der Waals surface area contributed by atoms with Crippen LogP contribution in [0, 0.1) is 17.8 Å². The predicted molar refractivity (Wildman–Crippen MR) is 96.2 cm³/mol. The number of carbonyl (C=O) groups is 2. The van der Waals surface area contributed by atoms with Crippen LogP contribution in [0.2, 0.25) is 0 Å². The molecule has 0 aromatic heterocycles. The SMILES string of the molecule is CC1CCC(C(C)C)C(OC(=O)C=CC(=O)OCC2COC(C)(C)O2)C1. The first-order valence-electron chi connectivity index (χ1n) is 9.53. The van der Waals surface area contributed by atoms with Crippen molar-refractivity contribution in [2.75, 3.05) is 13.2 Å². The van der Waals surface area contributed by atoms with Gasteiger partial charge in [0.1, 0.15) is 18.8 Å². The predicted octanol–water partition coefficient (Wildman–Crippen LogP) is 3.24. The van der Waals surface area contributed by atoms with Crippen molar-refractivity contribution in [3.05, 3.63) is 12.2 Å². The first kappa shape index (κ1) is 20.9. The Bertz CT molecular complexity index is 524. The summed E-state index contributed by atoms with van der Waals surface area (Å²) in [6, 6.07) is 0. The molecule has 2 aliphatic rings. The molecule has 0 radical (unpaired) electrons. The van der Waals surface area contributed by atoms with E-state index in [0.29, 0.717) is 24.4 Å². The Morgan fingerprint density at radius 1 is 1.19 bits per heavy atom. The van der Waals surface area contributed by atoms with E-state index in [1.165, 1.54) is 6.42 Å². The fourth-order valence-corrected chi connectivity index (χ4v) is 3.64. The lowest BCUT2D eigenvalue weighted by atomic mass is 9.75. The van der Waals surface area contributed by atoms with Crippen LogP contribution in [-0.2, 0) is 28.5 Å². The molecule has 26 heavy (non-hydrogen) atoms. The van der Waals surface area contributed by atoms with Gasteiger partial charge >= 0.3 is 11.9 Å². The Kier molecular flexibility index (Phi) is 7.24. The number of ether oxygens (including phenoxy) is 4. The van der Waals surface area contributed by atoms with Crippen LogP contribution in [0.3, 0.4) is 0 Å². The number of carbonyl (C=O) groups excluding carboxylic acids is 2. The number of esters is 2. The lowest BCUT2D eigenvalue weighted by Gasteiger charge is -2.36. The van der Waals surface area contributed by atoms with Crippen molar-refractivity contribution < 1.29 is 28.5 Å². The van der Waals surface area contributed by atoms with E-state index in [2.05, 4.69) is 20.8 Å². The molecule has 4 unspecified atom stereocenters. The van der Waals surface area contributed by atoms with E-state index >= 15 is 0 Å². The van der Waals surface area contributed by atoms with Gasteiger partial charge in [0.25, 0.3) is 0 Å². The second-order valence-electron chi connectivity index (χ2n) is 8.22. The third-order valence-corrected chi connectivity index (χ3v) is 5.06. The maximum atomic E-state index is 12.1. The topological polar surface area (TPSA) is 71.1 Å². The van der Waals surface area contributed by atoms with E-state index in [9.17, 15) is 9.59 Å². The summed E-state index contributed by atoms with van der Waals surface area (Å²) >= 11 is 0. The normalized spacial score (nSPS) is 31.3. The molecule has 0 spiro atoms. The van der Waals surface area contributed by atoms with Gasteiger partial charge in [-0.05, 0) is 44.4 Å². The summed E-state index contributed by atoms with van der Waals surface area (Å²) in [7, 11) is 0. The zero-order valence-electron chi connectivity index (χ0n) is 16.5. The summed E-state index contributed by atoms with van der Waals surface area (Å²) < 4.78 is 21.7. The van der Waals surface area contributed by atoms with Gasteiger partial charge in [-0.1, -0.05) is 27.2 Å². The summed E-state index contributed by atoms with van der Waals surface area (Å²) in [5, 5.41) is 0. The molecule has 1 heterocycles. The van der Waals surface area contributed by atoms with Gasteiger partial charge in [-0.25, -0.2) is 9.59 Å². The lowest BCUT2D eigenvalue weighted by molar-refractivity contribution is -0.155. The van der Waals surface area contributed by atoms with E-state index in [1.807, 2.05) is 0 Å². The van der Waals surface area contributed by atoms with Crippen molar-refractivity contribution in [1.82, 2.24) is 0 Å². The van der Waals surface area contributed by atoms with Gasteiger partial charge in [-0.2, -0.15) is 0 Å². The molecule has 1 saturated carbocycles. The molecule has 6 heteroatoms. The van der Waals surface area contributed by atoms with Crippen LogP contribution >= 0.6 is 0 Å². The molecule has 2 rings (SSSR count). The third-order valence-electron chi connectivity index (χ3n) is 5.06. The minimum Gasteiger partial charge on any atom is -0.460 e. The van der Waals surface area contributed by atoms with E-state index in [4.69, 9.17) is 18.9 Å². The molecule has 4 atom stereocenters. The van der Waals surface area contributed by atoms with Crippen molar-refractivity contribution >= 4 is 11.9 Å². The molecule has 1 saturated heterocycles. The van der Waals surface area contributed by atoms with Crippen molar-refractivity contribution in [3.8, 4) is 0 Å². The molecule has 0 N–H and O–H groups in total. The number of hydrogen-bond donors (Lipinski definition) is 0. The Morgan fingerprint density at radius 2 is 1.88 bits per heavy atom. The van der Waals surface area contributed by atoms with Crippen LogP contribution in [-0.4, -0.2) is 43.1 Å². The van der Waals surface area contributed by atoms with Crippen molar-refractivity contribution in [1.29, 1.82) is 0 Å². The smallest absolute Gasteiger partial charge is 0.331 e. The van der Waals surface area contributed by atoms with E-state index < -0.39 is 17.7 Å². The maximum absolute atomic E-state index is 12.1. The van der Waals surface area contributed by atoms with E-state index in [1.54, 1.807) is 13.8 Å². The van der Waals surface area contributed by atoms with E-state index in [0.717, 1.165) is 25.0 Å². The van der Waals surface area contributed by atoms with Crippen LogP contribution in [0.4, 0.5) is 0 Å². The van der Waals surface area contributed by atoms with Gasteiger partial charge in [0.2, 0.25) is 0 Å². The number of rotatable bonds is 6. The average molecular weight is 368 g/mol. The van der Waals surface area contributed by atoms with Gasteiger partial charge in [0.15, 0.2) is 5.79 Å². The average Bonchev–Trinajstić information content (AvgIpc) is 2.90. The molecular formula is C20H32O6. The second-order valence-corrected chi connectivity index (χ2v) is 8.22. The fraction of sp³-hybridized carbons (Fsp3) is 0.800. The minimum atomic E-state index is -0.652. The van der Waals surface area contributed by atoms with Crippen molar-refractivity contribution in [2.24, 2.45) is 17.8 Å². The minimum absolute atomic E-state index is 0.0850. The zero-order chi connectivity index (χ0) is 19.3. The van der Waals surface area contributed by atoms with Gasteiger partial charge < -0.3 is 18.9 Å². The summed E-state index contributed by atoms with van der Waals surface area (Å²) in [5.74, 6) is -0.345. The third kappa shape index (κ3) is 6.40. The Labute approximate surface area is 156 Å². The summed E-state index contributed by atoms with van der Waals surface area (Å²) in [4.78, 5) is 23.8. The first-order chi connectivity index (χ1) is 12.2. The van der Waals surface area contributed by atoms with E-state index in [-0.39, 0.29) is 18.8 Å². The Hall–Kier alpha value is -1.40. The fourth-order valence-electron chi connectivity index (χ4n) is 3.64. The molecule has 6 nitrogen and oxygen atoms in total. The summed E-state index contributed by atoms with van der Waals surface area (Å²) in [5.41, 5.74) is 0. The molecule has 1 aliphatic heterocycles. The monoisotopic (exact) mass is 368 g/mol. The highest BCUT2D eigenvalue weighted by atomic mass is 16.7. The highest BCUT2D eigenvalue weighted by Gasteiger charge is 2.34. The highest BCUT2D eigenvalue weighted by Crippen LogP contribution is 2.35. The van der Waals surface area contributed by atoms with Crippen LogP contribution < -0.4 is 0 Å². The summed E-state index contributed by atoms with van der Waals surface area (Å²) in [6.07, 6.45) is 5.00. The largest absolute Gasteiger partial charge is 0.460 e. The molecule has 148 valence electrons. The molecular weight excluding hydrogens is 336 g/mol. The molecule has 2 fully saturated rings. The second kappa shape index (κ2) is 9.00. The molecule has 0 aromatic carbocycles. The van der Waals surface area contributed by atoms with Crippen LogP contribution in [0.25, 0.3) is 0 Å². The molecule has 0 amide bonds. The van der Waals surface area contributed by atoms with Crippen LogP contribution in [0.15, 0.2) is 12.2 Å². The zero-order valence-corrected chi connectivity index (χ0v) is 16.5. The first-order valence-corrected chi connectivity index (χ1v) is 9.53. The number of hydrogen-bond acceptors (Lipinski definition) is 6.